The van der Waals surface area contributed by atoms with E-state index in [4.69, 9.17) is 37.9 Å². The van der Waals surface area contributed by atoms with Crippen LogP contribution in [0.15, 0.2) is 71.9 Å². The second-order valence-corrected chi connectivity index (χ2v) is 11.0. The number of nitrogens with zero attached hydrogens (tertiary/aromatic N) is 4. The summed E-state index contributed by atoms with van der Waals surface area (Å²) >= 11 is 12.7. The Hall–Kier alpha value is -3.52. The average molecular weight is 577 g/mol. The fourth-order valence-electron chi connectivity index (χ4n) is 5.28. The van der Waals surface area contributed by atoms with Gasteiger partial charge < -0.3 is 14.6 Å². The van der Waals surface area contributed by atoms with E-state index in [1.165, 1.54) is 12.1 Å². The second-order valence-electron chi connectivity index (χ2n) is 10.1. The van der Waals surface area contributed by atoms with Crippen LogP contribution >= 0.6 is 23.2 Å². The lowest BCUT2D eigenvalue weighted by atomic mass is 9.93. The SMILES string of the molecule is COC1CCC(N=c2cc3n(-c4ccc(Cl)c(Cl)c4)c4cc(F)ccc4nc-3cc2Nc2ccc(C)nc2)CC1. The molecule has 1 N–H and O–H groups in total. The summed E-state index contributed by atoms with van der Waals surface area (Å²) in [6.07, 6.45) is 5.91. The van der Waals surface area contributed by atoms with E-state index in [0.717, 1.165) is 65.2 Å². The van der Waals surface area contributed by atoms with Crippen LogP contribution in [-0.4, -0.2) is 33.8 Å². The van der Waals surface area contributed by atoms with E-state index < -0.39 is 0 Å². The van der Waals surface area contributed by atoms with Gasteiger partial charge in [-0.2, -0.15) is 0 Å². The molecule has 1 aromatic heterocycles. The Kier molecular flexibility index (Phi) is 7.45. The summed E-state index contributed by atoms with van der Waals surface area (Å²) in [5, 5.41) is 5.15. The van der Waals surface area contributed by atoms with Crippen molar-refractivity contribution in [3.05, 3.63) is 93.8 Å². The summed E-state index contributed by atoms with van der Waals surface area (Å²) in [7, 11) is 1.77. The van der Waals surface area contributed by atoms with Crippen molar-refractivity contribution < 1.29 is 9.13 Å². The van der Waals surface area contributed by atoms with Gasteiger partial charge in [0.2, 0.25) is 0 Å². The molecule has 2 heterocycles. The molecule has 6 rings (SSSR count). The number of halogens is 3. The number of anilines is 2. The van der Waals surface area contributed by atoms with Crippen LogP contribution in [-0.2, 0) is 4.74 Å². The third kappa shape index (κ3) is 5.42. The van der Waals surface area contributed by atoms with Crippen LogP contribution in [0, 0.1) is 12.7 Å². The van der Waals surface area contributed by atoms with Crippen molar-refractivity contribution in [2.45, 2.75) is 44.8 Å². The van der Waals surface area contributed by atoms with Gasteiger partial charge in [-0.25, -0.2) is 9.37 Å². The van der Waals surface area contributed by atoms with Gasteiger partial charge in [-0.1, -0.05) is 23.2 Å². The number of pyridine rings is 1. The van der Waals surface area contributed by atoms with E-state index in [9.17, 15) is 4.39 Å². The first-order chi connectivity index (χ1) is 19.4. The molecule has 0 bridgehead atoms. The van der Waals surface area contributed by atoms with Crippen molar-refractivity contribution in [1.29, 1.82) is 0 Å². The Bertz CT molecular complexity index is 1730. The van der Waals surface area contributed by atoms with Crippen LogP contribution in [0.4, 0.5) is 15.8 Å². The van der Waals surface area contributed by atoms with E-state index in [2.05, 4.69) is 10.3 Å². The predicted molar refractivity (Wildman–Crippen MR) is 159 cm³/mol. The quantitative estimate of drug-likeness (QED) is 0.216. The zero-order valence-corrected chi connectivity index (χ0v) is 23.7. The average Bonchev–Trinajstić information content (AvgIpc) is 2.95. The summed E-state index contributed by atoms with van der Waals surface area (Å²) in [6.45, 7) is 1.95. The number of hydrogen-bond donors (Lipinski definition) is 1. The maximum atomic E-state index is 14.5. The summed E-state index contributed by atoms with van der Waals surface area (Å²) in [4.78, 5) is 14.6. The Morgan fingerprint density at radius 2 is 1.80 bits per heavy atom. The molecule has 0 spiro atoms. The molecule has 1 aliphatic heterocycles. The van der Waals surface area contributed by atoms with Crippen LogP contribution < -0.4 is 10.7 Å². The zero-order chi connectivity index (χ0) is 27.8. The largest absolute Gasteiger partial charge is 0.381 e. The molecule has 1 fully saturated rings. The number of aromatic nitrogens is 3. The van der Waals surface area contributed by atoms with Gasteiger partial charge in [-0.15, -0.1) is 0 Å². The standard InChI is InChI=1S/C31H28Cl2FN5O/c1-18-3-5-21(17-35-18)37-27-15-29-31(16-28(27)36-20-6-9-23(40-2)10-7-20)39(22-8-11-24(32)25(33)14-22)30-13-19(34)4-12-26(30)38-29/h3-5,8,11-17,20,23,37H,6-7,9-10H2,1-2H3. The number of hydrogen-bond acceptors (Lipinski definition) is 5. The van der Waals surface area contributed by atoms with Crippen molar-refractivity contribution in [2.75, 3.05) is 12.4 Å². The highest BCUT2D eigenvalue weighted by Gasteiger charge is 2.22. The Balaban J connectivity index is 1.60. The van der Waals surface area contributed by atoms with Gasteiger partial charge in [-0.3, -0.25) is 9.98 Å². The topological polar surface area (TPSA) is 64.3 Å². The molecular formula is C31H28Cl2FN5O. The van der Waals surface area contributed by atoms with E-state index in [0.29, 0.717) is 21.1 Å². The maximum absolute atomic E-state index is 14.5. The third-order valence-electron chi connectivity index (χ3n) is 7.40. The lowest BCUT2D eigenvalue weighted by molar-refractivity contribution is 0.0663. The molecule has 204 valence electrons. The first-order valence-corrected chi connectivity index (χ1v) is 14.0. The molecule has 2 aromatic carbocycles. The summed E-state index contributed by atoms with van der Waals surface area (Å²) in [5.74, 6) is -0.354. The fraction of sp³-hybridized carbons (Fsp3) is 0.258. The Morgan fingerprint density at radius 1 is 0.975 bits per heavy atom. The van der Waals surface area contributed by atoms with Crippen LogP contribution in [0.25, 0.3) is 28.1 Å². The van der Waals surface area contributed by atoms with Crippen molar-refractivity contribution in [2.24, 2.45) is 4.99 Å². The molecule has 2 aliphatic carbocycles. The molecule has 9 heteroatoms. The van der Waals surface area contributed by atoms with Crippen molar-refractivity contribution in [1.82, 2.24) is 14.5 Å². The predicted octanol–water partition coefficient (Wildman–Crippen LogP) is 7.88. The van der Waals surface area contributed by atoms with E-state index in [-0.39, 0.29) is 18.0 Å². The number of methoxy groups -OCH3 is 1. The highest BCUT2D eigenvalue weighted by molar-refractivity contribution is 6.42. The zero-order valence-electron chi connectivity index (χ0n) is 22.2. The number of ether oxygens (including phenoxy) is 1. The molecule has 3 aliphatic rings. The molecule has 0 radical (unpaired) electrons. The number of rotatable bonds is 5. The van der Waals surface area contributed by atoms with E-state index in [1.54, 1.807) is 31.5 Å². The van der Waals surface area contributed by atoms with Crippen LogP contribution in [0.1, 0.15) is 31.4 Å². The Labute approximate surface area is 241 Å². The first kappa shape index (κ1) is 26.7. The molecule has 0 atom stereocenters. The first-order valence-electron chi connectivity index (χ1n) is 13.3. The summed E-state index contributed by atoms with van der Waals surface area (Å²) in [6, 6.07) is 18.1. The van der Waals surface area contributed by atoms with E-state index >= 15 is 0 Å². The van der Waals surface area contributed by atoms with Crippen LogP contribution in [0.3, 0.4) is 0 Å². The molecule has 6 nitrogen and oxygen atoms in total. The highest BCUT2D eigenvalue weighted by Crippen LogP contribution is 2.33. The normalized spacial score (nSPS) is 18.0. The monoisotopic (exact) mass is 575 g/mol. The van der Waals surface area contributed by atoms with Gasteiger partial charge in [0.1, 0.15) is 5.82 Å². The van der Waals surface area contributed by atoms with Crippen LogP contribution in [0.2, 0.25) is 10.0 Å². The molecule has 0 saturated heterocycles. The minimum absolute atomic E-state index is 0.157. The molecule has 0 unspecified atom stereocenters. The minimum Gasteiger partial charge on any atom is -0.381 e. The van der Waals surface area contributed by atoms with Gasteiger partial charge in [0.15, 0.2) is 0 Å². The minimum atomic E-state index is -0.354. The summed E-state index contributed by atoms with van der Waals surface area (Å²) < 4.78 is 22.1. The number of fused-ring (bicyclic) bond motifs is 2. The lowest BCUT2D eigenvalue weighted by Gasteiger charge is -2.25. The lowest BCUT2D eigenvalue weighted by Crippen LogP contribution is -2.25. The maximum Gasteiger partial charge on any atom is 0.125 e. The molecule has 3 aromatic rings. The van der Waals surface area contributed by atoms with Gasteiger partial charge in [0.05, 0.1) is 67.5 Å². The van der Waals surface area contributed by atoms with Crippen molar-refractivity contribution in [3.8, 4) is 17.1 Å². The highest BCUT2D eigenvalue weighted by atomic mass is 35.5. The molecule has 0 amide bonds. The molecule has 40 heavy (non-hydrogen) atoms. The van der Waals surface area contributed by atoms with Gasteiger partial charge in [-0.05, 0) is 87.2 Å². The van der Waals surface area contributed by atoms with Crippen molar-refractivity contribution in [3.63, 3.8) is 0 Å². The Morgan fingerprint density at radius 3 is 2.52 bits per heavy atom. The smallest absolute Gasteiger partial charge is 0.125 e. The van der Waals surface area contributed by atoms with Gasteiger partial charge in [0, 0.05) is 24.6 Å². The van der Waals surface area contributed by atoms with Gasteiger partial charge >= 0.3 is 0 Å². The molecule has 1 saturated carbocycles. The number of nitrogens with one attached hydrogen (secondary N) is 1. The molecular weight excluding hydrogens is 548 g/mol. The third-order valence-corrected chi connectivity index (χ3v) is 8.14. The fourth-order valence-corrected chi connectivity index (χ4v) is 5.57. The summed E-state index contributed by atoms with van der Waals surface area (Å²) in [5.41, 5.74) is 6.10. The van der Waals surface area contributed by atoms with Crippen molar-refractivity contribution >= 4 is 45.6 Å². The second kappa shape index (κ2) is 11.2. The number of aryl methyl sites for hydroxylation is 1. The van der Waals surface area contributed by atoms with Crippen LogP contribution in [0.5, 0.6) is 0 Å². The van der Waals surface area contributed by atoms with E-state index in [1.807, 2.05) is 41.8 Å². The number of benzene rings is 3. The van der Waals surface area contributed by atoms with Gasteiger partial charge in [0.25, 0.3) is 0 Å².